The van der Waals surface area contributed by atoms with Gasteiger partial charge in [0.05, 0.1) is 23.9 Å². The molecule has 1 N–H and O–H groups in total. The summed E-state index contributed by atoms with van der Waals surface area (Å²) in [5.74, 6) is 0.319. The maximum Gasteiger partial charge on any atom is 0.272 e. The van der Waals surface area contributed by atoms with Gasteiger partial charge in [0.2, 0.25) is 0 Å². The maximum atomic E-state index is 13.0. The zero-order valence-electron chi connectivity index (χ0n) is 15.5. The molecule has 5 nitrogen and oxygen atoms in total. The highest BCUT2D eigenvalue weighted by atomic mass is 35.5. The first-order valence-corrected chi connectivity index (χ1v) is 9.20. The topological polar surface area (TPSA) is 56.4 Å². The number of carbonyl (C=O) groups excluding carboxylic acids is 1. The van der Waals surface area contributed by atoms with Crippen LogP contribution in [-0.2, 0) is 6.54 Å². The van der Waals surface area contributed by atoms with E-state index >= 15 is 0 Å². The van der Waals surface area contributed by atoms with E-state index in [1.807, 2.05) is 17.6 Å². The number of carbonyl (C=O) groups is 1. The van der Waals surface area contributed by atoms with Crippen molar-refractivity contribution >= 4 is 34.3 Å². The minimum Gasteiger partial charge on any atom is -0.495 e. The highest BCUT2D eigenvalue weighted by Gasteiger charge is 2.18. The largest absolute Gasteiger partial charge is 0.495 e. The summed E-state index contributed by atoms with van der Waals surface area (Å²) >= 11 is 6.16. The Kier molecular flexibility index (Phi) is 4.84. The number of nitrogens with zero attached hydrogens (tertiary/aromatic N) is 1. The number of amides is 1. The summed E-state index contributed by atoms with van der Waals surface area (Å²) in [7, 11) is 1.55. The summed E-state index contributed by atoms with van der Waals surface area (Å²) in [6.07, 6.45) is 1.63. The summed E-state index contributed by atoms with van der Waals surface area (Å²) in [6, 6.07) is 17.0. The molecule has 4 rings (SSSR count). The SMILES string of the molecule is COc1ccc(NC(=O)c2cc3occc3n2Cc2ccc(C)cc2)cc1Cl. The first-order chi connectivity index (χ1) is 13.5. The second-order valence-electron chi connectivity index (χ2n) is 6.57. The lowest BCUT2D eigenvalue weighted by atomic mass is 10.1. The van der Waals surface area contributed by atoms with E-state index in [9.17, 15) is 4.79 Å². The van der Waals surface area contributed by atoms with E-state index in [2.05, 4.69) is 29.6 Å². The Morgan fingerprint density at radius 3 is 2.64 bits per heavy atom. The summed E-state index contributed by atoms with van der Waals surface area (Å²) in [5, 5.41) is 3.33. The van der Waals surface area contributed by atoms with Crippen LogP contribution in [0.15, 0.2) is 65.3 Å². The number of aryl methyl sites for hydroxylation is 1. The number of nitrogens with one attached hydrogen (secondary N) is 1. The van der Waals surface area contributed by atoms with Crippen LogP contribution >= 0.6 is 11.6 Å². The predicted molar refractivity (Wildman–Crippen MR) is 110 cm³/mol. The van der Waals surface area contributed by atoms with Crippen molar-refractivity contribution < 1.29 is 13.9 Å². The third-order valence-corrected chi connectivity index (χ3v) is 4.92. The molecule has 2 heterocycles. The fourth-order valence-corrected chi connectivity index (χ4v) is 3.41. The van der Waals surface area contributed by atoms with Gasteiger partial charge in [0.15, 0.2) is 5.58 Å². The zero-order valence-corrected chi connectivity index (χ0v) is 16.3. The normalized spacial score (nSPS) is 11.0. The number of fused-ring (bicyclic) bond motifs is 1. The molecule has 0 saturated heterocycles. The van der Waals surface area contributed by atoms with E-state index in [0.717, 1.165) is 11.1 Å². The Morgan fingerprint density at radius 2 is 1.93 bits per heavy atom. The molecule has 0 spiro atoms. The highest BCUT2D eigenvalue weighted by molar-refractivity contribution is 6.32. The van der Waals surface area contributed by atoms with E-state index < -0.39 is 0 Å². The molecule has 0 radical (unpaired) electrons. The number of furan rings is 1. The Balaban J connectivity index is 1.66. The average molecular weight is 395 g/mol. The molecule has 6 heteroatoms. The van der Waals surface area contributed by atoms with Crippen molar-refractivity contribution in [3.8, 4) is 5.75 Å². The molecule has 142 valence electrons. The average Bonchev–Trinajstić information content (AvgIpc) is 3.26. The van der Waals surface area contributed by atoms with Crippen LogP contribution in [-0.4, -0.2) is 17.6 Å². The monoisotopic (exact) mass is 394 g/mol. The van der Waals surface area contributed by atoms with Gasteiger partial charge in [0.1, 0.15) is 11.4 Å². The Hall–Kier alpha value is -3.18. The van der Waals surface area contributed by atoms with Crippen LogP contribution in [0.4, 0.5) is 5.69 Å². The van der Waals surface area contributed by atoms with Crippen molar-refractivity contribution in [2.24, 2.45) is 0 Å². The summed E-state index contributed by atoms with van der Waals surface area (Å²) < 4.78 is 12.6. The molecular weight excluding hydrogens is 376 g/mol. The van der Waals surface area contributed by atoms with E-state index in [1.54, 1.807) is 37.6 Å². The van der Waals surface area contributed by atoms with Crippen LogP contribution in [0.1, 0.15) is 21.6 Å². The Morgan fingerprint density at radius 1 is 1.14 bits per heavy atom. The molecule has 2 aromatic heterocycles. The van der Waals surface area contributed by atoms with Gasteiger partial charge in [-0.1, -0.05) is 41.4 Å². The fourth-order valence-electron chi connectivity index (χ4n) is 3.15. The van der Waals surface area contributed by atoms with Gasteiger partial charge in [-0.2, -0.15) is 0 Å². The molecule has 2 aromatic carbocycles. The minimum atomic E-state index is -0.236. The van der Waals surface area contributed by atoms with Gasteiger partial charge in [-0.15, -0.1) is 0 Å². The van der Waals surface area contributed by atoms with Gasteiger partial charge in [-0.25, -0.2) is 0 Å². The number of hydrogen-bond acceptors (Lipinski definition) is 3. The Labute approximate surface area is 167 Å². The number of rotatable bonds is 5. The smallest absolute Gasteiger partial charge is 0.272 e. The number of methoxy groups -OCH3 is 1. The molecule has 28 heavy (non-hydrogen) atoms. The van der Waals surface area contributed by atoms with E-state index in [1.165, 1.54) is 5.56 Å². The van der Waals surface area contributed by atoms with Gasteiger partial charge in [0.25, 0.3) is 5.91 Å². The minimum absolute atomic E-state index is 0.236. The molecule has 0 aliphatic heterocycles. The summed E-state index contributed by atoms with van der Waals surface area (Å²) in [6.45, 7) is 2.61. The number of aromatic nitrogens is 1. The van der Waals surface area contributed by atoms with E-state index in [4.69, 9.17) is 20.8 Å². The van der Waals surface area contributed by atoms with Gasteiger partial charge in [0, 0.05) is 24.4 Å². The van der Waals surface area contributed by atoms with Gasteiger partial charge in [-0.3, -0.25) is 4.79 Å². The molecule has 0 atom stereocenters. The van der Waals surface area contributed by atoms with Crippen molar-refractivity contribution in [2.45, 2.75) is 13.5 Å². The van der Waals surface area contributed by atoms with Crippen molar-refractivity contribution in [1.29, 1.82) is 0 Å². The quantitative estimate of drug-likeness (QED) is 0.486. The number of anilines is 1. The fraction of sp³-hybridized carbons (Fsp3) is 0.136. The van der Waals surface area contributed by atoms with Crippen LogP contribution in [0.2, 0.25) is 5.02 Å². The van der Waals surface area contributed by atoms with Gasteiger partial charge < -0.3 is 19.0 Å². The summed E-state index contributed by atoms with van der Waals surface area (Å²) in [5.41, 5.74) is 4.95. The zero-order chi connectivity index (χ0) is 19.7. The third-order valence-electron chi connectivity index (χ3n) is 4.63. The third kappa shape index (κ3) is 3.49. The lowest BCUT2D eigenvalue weighted by molar-refractivity contribution is 0.101. The number of ether oxygens (including phenoxy) is 1. The first kappa shape index (κ1) is 18.2. The van der Waals surface area contributed by atoms with Crippen LogP contribution in [0.5, 0.6) is 5.75 Å². The number of hydrogen-bond donors (Lipinski definition) is 1. The molecule has 0 bridgehead atoms. The number of benzene rings is 2. The van der Waals surface area contributed by atoms with Crippen LogP contribution in [0, 0.1) is 6.92 Å². The van der Waals surface area contributed by atoms with Crippen molar-refractivity contribution in [1.82, 2.24) is 4.57 Å². The van der Waals surface area contributed by atoms with Crippen molar-refractivity contribution in [2.75, 3.05) is 12.4 Å². The number of halogens is 1. The highest BCUT2D eigenvalue weighted by Crippen LogP contribution is 2.28. The molecule has 0 saturated carbocycles. The lowest BCUT2D eigenvalue weighted by Gasteiger charge is -2.12. The molecule has 0 aliphatic carbocycles. The Bertz CT molecular complexity index is 1140. The second kappa shape index (κ2) is 7.44. The first-order valence-electron chi connectivity index (χ1n) is 8.82. The molecule has 4 aromatic rings. The predicted octanol–water partition coefficient (Wildman–Crippen LogP) is 5.51. The lowest BCUT2D eigenvalue weighted by Crippen LogP contribution is -2.17. The standard InChI is InChI=1S/C22H19ClN2O3/c1-14-3-5-15(6-4-14)13-25-18-9-10-28-21(18)12-19(25)22(26)24-16-7-8-20(27-2)17(23)11-16/h3-12H,13H2,1-2H3,(H,24,26). The molecule has 0 unspecified atom stereocenters. The summed E-state index contributed by atoms with van der Waals surface area (Å²) in [4.78, 5) is 13.0. The van der Waals surface area contributed by atoms with E-state index in [-0.39, 0.29) is 5.91 Å². The van der Waals surface area contributed by atoms with E-state index in [0.29, 0.717) is 34.3 Å². The second-order valence-corrected chi connectivity index (χ2v) is 6.98. The molecular formula is C22H19ClN2O3. The van der Waals surface area contributed by atoms with Crippen LogP contribution in [0.3, 0.4) is 0 Å². The van der Waals surface area contributed by atoms with Crippen LogP contribution < -0.4 is 10.1 Å². The van der Waals surface area contributed by atoms with Crippen molar-refractivity contribution in [3.05, 3.63) is 82.7 Å². The molecule has 0 aliphatic rings. The van der Waals surface area contributed by atoms with Gasteiger partial charge >= 0.3 is 0 Å². The van der Waals surface area contributed by atoms with Crippen LogP contribution in [0.25, 0.3) is 11.1 Å². The molecule has 1 amide bonds. The molecule has 0 fully saturated rings. The maximum absolute atomic E-state index is 13.0. The van der Waals surface area contributed by atoms with Crippen molar-refractivity contribution in [3.63, 3.8) is 0 Å². The van der Waals surface area contributed by atoms with Gasteiger partial charge in [-0.05, 0) is 30.7 Å².